The first-order valence-corrected chi connectivity index (χ1v) is 19.8. The van der Waals surface area contributed by atoms with Crippen LogP contribution in [0, 0.1) is 0 Å². The van der Waals surface area contributed by atoms with E-state index in [1.54, 1.807) is 0 Å². The molecular weight excluding hydrogens is 683 g/mol. The number of nitrogens with zero attached hydrogens (tertiary/aromatic N) is 5. The van der Waals surface area contributed by atoms with Crippen molar-refractivity contribution >= 4 is 56.6 Å². The Morgan fingerprint density at radius 1 is 0.625 bits per heavy atom. The highest BCUT2D eigenvalue weighted by Crippen LogP contribution is 2.47. The lowest BCUT2D eigenvalue weighted by atomic mass is 9.92. The minimum absolute atomic E-state index is 0.381. The van der Waals surface area contributed by atoms with Gasteiger partial charge in [-0.15, -0.1) is 0 Å². The molecule has 8 aromatic rings. The first-order valence-electron chi connectivity index (χ1n) is 19.8. The van der Waals surface area contributed by atoms with Crippen LogP contribution in [-0.2, 0) is 6.42 Å². The first kappa shape index (κ1) is 33.9. The summed E-state index contributed by atoms with van der Waals surface area (Å²) < 4.78 is 4.69. The number of aromatic nitrogens is 2. The molecular formula is C51H44N5+. The monoisotopic (exact) mass is 726 g/mol. The second-order valence-corrected chi connectivity index (χ2v) is 15.6. The molecule has 0 unspecified atom stereocenters. The Labute approximate surface area is 328 Å². The summed E-state index contributed by atoms with van der Waals surface area (Å²) in [6.45, 7) is 9.78. The fourth-order valence-corrected chi connectivity index (χ4v) is 8.99. The smallest absolute Gasteiger partial charge is 0.310 e. The summed E-state index contributed by atoms with van der Waals surface area (Å²) in [6, 6.07) is 52.9. The van der Waals surface area contributed by atoms with E-state index in [1.165, 1.54) is 49.8 Å². The van der Waals surface area contributed by atoms with Crippen LogP contribution in [0.2, 0.25) is 0 Å². The Kier molecular flexibility index (Phi) is 8.25. The average molecular weight is 727 g/mol. The summed E-state index contributed by atoms with van der Waals surface area (Å²) in [6.07, 6.45) is 5.08. The summed E-state index contributed by atoms with van der Waals surface area (Å²) in [5.41, 5.74) is 16.0. The minimum Gasteiger partial charge on any atom is -0.310 e. The van der Waals surface area contributed by atoms with Gasteiger partial charge in [0.05, 0.1) is 16.6 Å². The molecule has 1 aliphatic carbocycles. The van der Waals surface area contributed by atoms with Crippen LogP contribution in [-0.4, -0.2) is 32.7 Å². The SMILES string of the molecule is CC(C)c1cccc(C(C)C)c1[N+]1=CCN=C1c1cccc(N(c2ccccc2)c2ccc3c4c5c(ccc4n(-c4ccccn4)c3c2)Cc2ccccc2-5)c1. The van der Waals surface area contributed by atoms with E-state index in [1.807, 2.05) is 12.3 Å². The highest BCUT2D eigenvalue weighted by atomic mass is 15.2. The number of aliphatic imine (C=N–C) groups is 1. The second-order valence-electron chi connectivity index (χ2n) is 15.6. The van der Waals surface area contributed by atoms with Crippen LogP contribution in [0.25, 0.3) is 38.8 Å². The first-order chi connectivity index (χ1) is 27.5. The van der Waals surface area contributed by atoms with Gasteiger partial charge >= 0.3 is 5.84 Å². The lowest BCUT2D eigenvalue weighted by Gasteiger charge is -2.26. The molecule has 10 rings (SSSR count). The van der Waals surface area contributed by atoms with Crippen LogP contribution < -0.4 is 4.90 Å². The van der Waals surface area contributed by atoms with Crippen LogP contribution in [0.3, 0.4) is 0 Å². The van der Waals surface area contributed by atoms with Crippen molar-refractivity contribution in [2.75, 3.05) is 11.4 Å². The van der Waals surface area contributed by atoms with Crippen LogP contribution in [0.5, 0.6) is 0 Å². The molecule has 0 atom stereocenters. The third kappa shape index (κ3) is 5.49. The van der Waals surface area contributed by atoms with Crippen LogP contribution >= 0.6 is 0 Å². The van der Waals surface area contributed by atoms with Gasteiger partial charge in [-0.3, -0.25) is 4.57 Å². The zero-order chi connectivity index (χ0) is 37.9. The summed E-state index contributed by atoms with van der Waals surface area (Å²) in [7, 11) is 0. The molecule has 0 amide bonds. The maximum atomic E-state index is 5.12. The van der Waals surface area contributed by atoms with Gasteiger partial charge in [-0.25, -0.2) is 4.98 Å². The number of para-hydroxylation sites is 2. The van der Waals surface area contributed by atoms with Crippen molar-refractivity contribution in [1.82, 2.24) is 9.55 Å². The van der Waals surface area contributed by atoms with Crippen LogP contribution in [0.4, 0.5) is 22.7 Å². The third-order valence-electron chi connectivity index (χ3n) is 11.5. The number of hydrogen-bond donors (Lipinski definition) is 0. The minimum atomic E-state index is 0.381. The van der Waals surface area contributed by atoms with Gasteiger partial charge in [0.2, 0.25) is 0 Å². The number of rotatable bonds is 8. The van der Waals surface area contributed by atoms with Crippen LogP contribution in [0.1, 0.15) is 67.3 Å². The molecule has 2 aromatic heterocycles. The zero-order valence-electron chi connectivity index (χ0n) is 32.3. The lowest BCUT2D eigenvalue weighted by Crippen LogP contribution is -2.19. The molecule has 1 aliphatic heterocycles. The van der Waals surface area contributed by atoms with E-state index in [-0.39, 0.29) is 0 Å². The van der Waals surface area contributed by atoms with Crippen LogP contribution in [0.15, 0.2) is 157 Å². The number of anilines is 3. The van der Waals surface area contributed by atoms with E-state index in [0.29, 0.717) is 18.4 Å². The van der Waals surface area contributed by atoms with E-state index < -0.39 is 0 Å². The molecule has 272 valence electrons. The number of hydrogen-bond acceptors (Lipinski definition) is 3. The van der Waals surface area contributed by atoms with E-state index in [0.717, 1.165) is 51.7 Å². The van der Waals surface area contributed by atoms with Crippen molar-refractivity contribution in [2.45, 2.75) is 46.0 Å². The second kappa shape index (κ2) is 13.6. The quantitative estimate of drug-likeness (QED) is 0.146. The molecule has 5 nitrogen and oxygen atoms in total. The molecule has 6 aromatic carbocycles. The molecule has 0 spiro atoms. The van der Waals surface area contributed by atoms with E-state index in [9.17, 15) is 0 Å². The maximum absolute atomic E-state index is 5.12. The highest BCUT2D eigenvalue weighted by Gasteiger charge is 2.31. The largest absolute Gasteiger partial charge is 0.330 e. The standard InChI is InChI=1S/C51H44N5/c1-33(2)41-20-13-21-42(34(3)4)50(41)54-29-28-53-51(54)37-15-12-18-39(31-37)55(38-16-6-5-7-17-38)40-24-25-44-46(32-40)56(47-22-10-11-27-52-47)45-26-23-36-30-35-14-8-9-19-43(35)48(36)49(44)45/h5-27,29,31-34H,28,30H2,1-4H3/q+1. The Morgan fingerprint density at radius 3 is 2.14 bits per heavy atom. The van der Waals surface area contributed by atoms with E-state index >= 15 is 0 Å². The number of fused-ring (bicyclic) bond motifs is 7. The van der Waals surface area contributed by atoms with Gasteiger partial charge in [0, 0.05) is 45.2 Å². The summed E-state index contributed by atoms with van der Waals surface area (Å²) in [4.78, 5) is 12.4. The molecule has 56 heavy (non-hydrogen) atoms. The third-order valence-corrected chi connectivity index (χ3v) is 11.5. The molecule has 3 heterocycles. The van der Waals surface area contributed by atoms with Crippen molar-refractivity contribution in [2.24, 2.45) is 4.99 Å². The van der Waals surface area contributed by atoms with Gasteiger partial charge in [-0.05, 0) is 101 Å². The summed E-state index contributed by atoms with van der Waals surface area (Å²) in [5.74, 6) is 2.65. The summed E-state index contributed by atoms with van der Waals surface area (Å²) >= 11 is 0. The van der Waals surface area contributed by atoms with Gasteiger partial charge in [0.1, 0.15) is 17.7 Å². The molecule has 0 bridgehead atoms. The van der Waals surface area contributed by atoms with Crippen molar-refractivity contribution in [1.29, 1.82) is 0 Å². The molecule has 0 saturated carbocycles. The van der Waals surface area contributed by atoms with Gasteiger partial charge < -0.3 is 4.90 Å². The number of amidine groups is 1. The average Bonchev–Trinajstić information content (AvgIpc) is 3.95. The molecule has 2 aliphatic rings. The predicted molar refractivity (Wildman–Crippen MR) is 234 cm³/mol. The maximum Gasteiger partial charge on any atom is 0.330 e. The normalized spacial score (nSPS) is 13.4. The van der Waals surface area contributed by atoms with Crippen molar-refractivity contribution in [3.8, 4) is 16.9 Å². The number of pyridine rings is 1. The van der Waals surface area contributed by atoms with Gasteiger partial charge in [0.25, 0.3) is 0 Å². The van der Waals surface area contributed by atoms with Gasteiger partial charge in [-0.2, -0.15) is 4.58 Å². The Morgan fingerprint density at radius 2 is 1.36 bits per heavy atom. The zero-order valence-corrected chi connectivity index (χ0v) is 32.3. The highest BCUT2D eigenvalue weighted by molar-refractivity contribution is 6.18. The molecule has 5 heteroatoms. The lowest BCUT2D eigenvalue weighted by molar-refractivity contribution is -0.297. The molecule has 0 radical (unpaired) electrons. The fourth-order valence-electron chi connectivity index (χ4n) is 8.99. The van der Waals surface area contributed by atoms with Crippen molar-refractivity contribution in [3.05, 3.63) is 180 Å². The summed E-state index contributed by atoms with van der Waals surface area (Å²) in [5, 5.41) is 2.51. The number of benzene rings is 6. The predicted octanol–water partition coefficient (Wildman–Crippen LogP) is 12.6. The fraction of sp³-hybridized carbons (Fsp3) is 0.157. The van der Waals surface area contributed by atoms with E-state index in [2.05, 4.69) is 187 Å². The van der Waals surface area contributed by atoms with Gasteiger partial charge in [-0.1, -0.05) is 118 Å². The Balaban J connectivity index is 1.16. The Bertz CT molecular complexity index is 2830. The van der Waals surface area contributed by atoms with Gasteiger partial charge in [0.15, 0.2) is 6.54 Å². The molecule has 0 N–H and O–H groups in total. The van der Waals surface area contributed by atoms with Crippen molar-refractivity contribution < 1.29 is 4.58 Å². The topological polar surface area (TPSA) is 36.4 Å². The Hall–Kier alpha value is -6.59. The molecule has 0 saturated heterocycles. The van der Waals surface area contributed by atoms with E-state index in [4.69, 9.17) is 9.98 Å². The van der Waals surface area contributed by atoms with Crippen molar-refractivity contribution in [3.63, 3.8) is 0 Å². The molecule has 0 fully saturated rings.